The molecule has 4 nitrogen and oxygen atoms in total. The number of nitrogens with two attached hydrogens (primary N) is 1. The molecule has 0 saturated carbocycles. The van der Waals surface area contributed by atoms with Gasteiger partial charge in [0.15, 0.2) is 0 Å². The van der Waals surface area contributed by atoms with Gasteiger partial charge in [-0.25, -0.2) is 9.97 Å². The zero-order valence-corrected chi connectivity index (χ0v) is 11.0. The first kappa shape index (κ1) is 12.3. The number of hydrogen-bond acceptors (Lipinski definition) is 4. The van der Waals surface area contributed by atoms with Crippen LogP contribution in [0.3, 0.4) is 0 Å². The summed E-state index contributed by atoms with van der Waals surface area (Å²) in [5.74, 6) is 2.35. The van der Waals surface area contributed by atoms with Gasteiger partial charge in [0, 0.05) is 25.3 Å². The van der Waals surface area contributed by atoms with Crippen LogP contribution in [0.15, 0.2) is 6.07 Å². The molecule has 1 aliphatic rings. The fourth-order valence-electron chi connectivity index (χ4n) is 2.38. The summed E-state index contributed by atoms with van der Waals surface area (Å²) in [5, 5.41) is 0. The molecule has 0 aromatic carbocycles. The smallest absolute Gasteiger partial charge is 0.225 e. The molecule has 94 valence electrons. The highest BCUT2D eigenvalue weighted by Crippen LogP contribution is 2.26. The van der Waals surface area contributed by atoms with Crippen LogP contribution in [0.1, 0.15) is 31.7 Å². The van der Waals surface area contributed by atoms with Crippen LogP contribution in [-0.2, 0) is 6.54 Å². The molecule has 1 atom stereocenters. The molecule has 2 N–H and O–H groups in total. The van der Waals surface area contributed by atoms with Crippen molar-refractivity contribution in [2.24, 2.45) is 17.6 Å². The highest BCUT2D eigenvalue weighted by Gasteiger charge is 2.26. The molecule has 1 aliphatic heterocycles. The predicted molar refractivity (Wildman–Crippen MR) is 69.8 cm³/mol. The number of nitrogens with zero attached hydrogens (tertiary/aromatic N) is 3. The van der Waals surface area contributed by atoms with Gasteiger partial charge < -0.3 is 10.6 Å². The van der Waals surface area contributed by atoms with Crippen molar-refractivity contribution in [2.75, 3.05) is 18.0 Å². The van der Waals surface area contributed by atoms with Crippen molar-refractivity contribution in [1.29, 1.82) is 0 Å². The van der Waals surface area contributed by atoms with Crippen LogP contribution >= 0.6 is 0 Å². The van der Waals surface area contributed by atoms with Crippen molar-refractivity contribution < 1.29 is 0 Å². The van der Waals surface area contributed by atoms with Gasteiger partial charge in [-0.3, -0.25) is 0 Å². The minimum absolute atomic E-state index is 0.484. The van der Waals surface area contributed by atoms with Crippen molar-refractivity contribution in [3.05, 3.63) is 17.5 Å². The van der Waals surface area contributed by atoms with E-state index in [0.29, 0.717) is 6.54 Å². The zero-order valence-electron chi connectivity index (χ0n) is 11.0. The second-order valence-corrected chi connectivity index (χ2v) is 5.24. The first-order chi connectivity index (χ1) is 8.10. The minimum atomic E-state index is 0.484. The Morgan fingerprint density at radius 3 is 2.82 bits per heavy atom. The standard InChI is InChI=1S/C13H22N4/c1-9(2)11-4-5-17(8-11)13-15-10(3)6-12(7-14)16-13/h6,9,11H,4-5,7-8,14H2,1-3H3. The van der Waals surface area contributed by atoms with E-state index in [0.717, 1.165) is 42.3 Å². The van der Waals surface area contributed by atoms with Gasteiger partial charge in [-0.2, -0.15) is 0 Å². The average molecular weight is 234 g/mol. The van der Waals surface area contributed by atoms with E-state index >= 15 is 0 Å². The van der Waals surface area contributed by atoms with Crippen LogP contribution in [0.2, 0.25) is 0 Å². The summed E-state index contributed by atoms with van der Waals surface area (Å²) >= 11 is 0. The highest BCUT2D eigenvalue weighted by atomic mass is 15.3. The summed E-state index contributed by atoms with van der Waals surface area (Å²) in [4.78, 5) is 11.3. The van der Waals surface area contributed by atoms with Crippen LogP contribution in [0.25, 0.3) is 0 Å². The van der Waals surface area contributed by atoms with Gasteiger partial charge in [0.2, 0.25) is 5.95 Å². The van der Waals surface area contributed by atoms with E-state index < -0.39 is 0 Å². The van der Waals surface area contributed by atoms with E-state index in [1.54, 1.807) is 0 Å². The lowest BCUT2D eigenvalue weighted by molar-refractivity contribution is 0.422. The fraction of sp³-hybridized carbons (Fsp3) is 0.692. The molecule has 1 aromatic heterocycles. The number of rotatable bonds is 3. The topological polar surface area (TPSA) is 55.0 Å². The van der Waals surface area contributed by atoms with Crippen LogP contribution < -0.4 is 10.6 Å². The van der Waals surface area contributed by atoms with Crippen LogP contribution in [0, 0.1) is 18.8 Å². The number of anilines is 1. The maximum Gasteiger partial charge on any atom is 0.225 e. The molecular formula is C13H22N4. The lowest BCUT2D eigenvalue weighted by Gasteiger charge is -2.18. The quantitative estimate of drug-likeness (QED) is 0.865. The van der Waals surface area contributed by atoms with Crippen molar-refractivity contribution in [2.45, 2.75) is 33.7 Å². The monoisotopic (exact) mass is 234 g/mol. The first-order valence-electron chi connectivity index (χ1n) is 6.39. The third-order valence-corrected chi connectivity index (χ3v) is 3.55. The molecule has 2 rings (SSSR count). The Kier molecular flexibility index (Phi) is 3.62. The van der Waals surface area contributed by atoms with Gasteiger partial charge in [-0.15, -0.1) is 0 Å². The lowest BCUT2D eigenvalue weighted by atomic mass is 9.95. The Labute approximate surface area is 103 Å². The normalized spacial score (nSPS) is 20.3. The molecule has 4 heteroatoms. The first-order valence-corrected chi connectivity index (χ1v) is 6.39. The molecular weight excluding hydrogens is 212 g/mol. The summed E-state index contributed by atoms with van der Waals surface area (Å²) in [5.41, 5.74) is 7.59. The Bertz CT molecular complexity index is 389. The number of aromatic nitrogens is 2. The van der Waals surface area contributed by atoms with Crippen LogP contribution in [0.4, 0.5) is 5.95 Å². The molecule has 1 saturated heterocycles. The van der Waals surface area contributed by atoms with Gasteiger partial charge >= 0.3 is 0 Å². The van der Waals surface area contributed by atoms with E-state index in [9.17, 15) is 0 Å². The van der Waals surface area contributed by atoms with E-state index in [2.05, 4.69) is 28.7 Å². The Balaban J connectivity index is 2.15. The van der Waals surface area contributed by atoms with Gasteiger partial charge in [-0.05, 0) is 31.2 Å². The average Bonchev–Trinajstić information content (AvgIpc) is 2.77. The third kappa shape index (κ3) is 2.75. The predicted octanol–water partition coefficient (Wildman–Crippen LogP) is 1.73. The maximum absolute atomic E-state index is 5.65. The van der Waals surface area contributed by atoms with Crippen molar-refractivity contribution in [3.8, 4) is 0 Å². The second-order valence-electron chi connectivity index (χ2n) is 5.24. The summed E-state index contributed by atoms with van der Waals surface area (Å²) in [7, 11) is 0. The largest absolute Gasteiger partial charge is 0.341 e. The second kappa shape index (κ2) is 5.00. The van der Waals surface area contributed by atoms with Crippen LogP contribution in [0.5, 0.6) is 0 Å². The van der Waals surface area contributed by atoms with Crippen LogP contribution in [-0.4, -0.2) is 23.1 Å². The molecule has 0 aliphatic carbocycles. The fourth-order valence-corrected chi connectivity index (χ4v) is 2.38. The van der Waals surface area contributed by atoms with Gasteiger partial charge in [0.1, 0.15) is 0 Å². The molecule has 0 radical (unpaired) electrons. The van der Waals surface area contributed by atoms with Crippen molar-refractivity contribution in [3.63, 3.8) is 0 Å². The summed E-state index contributed by atoms with van der Waals surface area (Å²) in [6.07, 6.45) is 1.24. The molecule has 17 heavy (non-hydrogen) atoms. The van der Waals surface area contributed by atoms with E-state index in [-0.39, 0.29) is 0 Å². The summed E-state index contributed by atoms with van der Waals surface area (Å²) < 4.78 is 0. The molecule has 0 amide bonds. The van der Waals surface area contributed by atoms with E-state index in [1.807, 2.05) is 13.0 Å². The minimum Gasteiger partial charge on any atom is -0.341 e. The zero-order chi connectivity index (χ0) is 12.4. The Morgan fingerprint density at radius 1 is 1.47 bits per heavy atom. The molecule has 2 heterocycles. The molecule has 0 bridgehead atoms. The highest BCUT2D eigenvalue weighted by molar-refractivity contribution is 5.34. The molecule has 1 unspecified atom stereocenters. The molecule has 1 aromatic rings. The number of hydrogen-bond donors (Lipinski definition) is 1. The summed E-state index contributed by atoms with van der Waals surface area (Å²) in [6, 6.07) is 1.96. The van der Waals surface area contributed by atoms with Crippen molar-refractivity contribution in [1.82, 2.24) is 9.97 Å². The van der Waals surface area contributed by atoms with Gasteiger partial charge in [-0.1, -0.05) is 13.8 Å². The van der Waals surface area contributed by atoms with E-state index in [4.69, 9.17) is 5.73 Å². The summed E-state index contributed by atoms with van der Waals surface area (Å²) in [6.45, 7) is 9.20. The Morgan fingerprint density at radius 2 is 2.24 bits per heavy atom. The SMILES string of the molecule is Cc1cc(CN)nc(N2CCC(C(C)C)C2)n1. The maximum atomic E-state index is 5.65. The van der Waals surface area contributed by atoms with E-state index in [1.165, 1.54) is 6.42 Å². The van der Waals surface area contributed by atoms with Gasteiger partial charge in [0.25, 0.3) is 0 Å². The molecule has 1 fully saturated rings. The number of aryl methyl sites for hydroxylation is 1. The lowest BCUT2D eigenvalue weighted by Crippen LogP contribution is -2.24. The third-order valence-electron chi connectivity index (χ3n) is 3.55. The Hall–Kier alpha value is -1.16. The van der Waals surface area contributed by atoms with Gasteiger partial charge in [0.05, 0.1) is 5.69 Å². The van der Waals surface area contributed by atoms with Crippen molar-refractivity contribution >= 4 is 5.95 Å². The molecule has 0 spiro atoms.